The first kappa shape index (κ1) is 108. The van der Waals surface area contributed by atoms with Crippen molar-refractivity contribution in [3.8, 4) is 23.0 Å². The quantitative estimate of drug-likeness (QED) is 0.0142. The zero-order valence-electron chi connectivity index (χ0n) is 77.9. The molecule has 44 nitrogen and oxygen atoms in total. The van der Waals surface area contributed by atoms with Crippen molar-refractivity contribution in [2.45, 2.75) is 249 Å². The van der Waals surface area contributed by atoms with Crippen LogP contribution in [0.25, 0.3) is 0 Å². The Bertz CT molecular complexity index is 4560. The molecule has 4 rings (SSSR count). The first-order valence-corrected chi connectivity index (χ1v) is 44.4. The van der Waals surface area contributed by atoms with Gasteiger partial charge in [0.2, 0.25) is 76.8 Å². The van der Waals surface area contributed by atoms with Gasteiger partial charge in [0.25, 0.3) is 0 Å². The van der Waals surface area contributed by atoms with Gasteiger partial charge in [-0.15, -0.1) is 0 Å². The minimum atomic E-state index is -1.45. The van der Waals surface area contributed by atoms with Crippen LogP contribution in [-0.2, 0) is 88.0 Å². The molecule has 0 aliphatic carbocycles. The molecule has 11 atom stereocenters. The van der Waals surface area contributed by atoms with Crippen molar-refractivity contribution in [3.05, 3.63) is 119 Å². The highest BCUT2D eigenvalue weighted by atomic mass is 16.3. The van der Waals surface area contributed by atoms with Crippen LogP contribution in [0.5, 0.6) is 23.0 Å². The second kappa shape index (κ2) is 60.6. The van der Waals surface area contributed by atoms with Crippen LogP contribution in [0.1, 0.15) is 188 Å². The lowest BCUT2D eigenvalue weighted by Crippen LogP contribution is -2.59. The van der Waals surface area contributed by atoms with Gasteiger partial charge in [0, 0.05) is 86.9 Å². The van der Waals surface area contributed by atoms with Gasteiger partial charge >= 0.3 is 6.03 Å². The fourth-order valence-electron chi connectivity index (χ4n) is 13.6. The molecular formula is C89H138N26O18. The van der Waals surface area contributed by atoms with E-state index in [0.29, 0.717) is 47.9 Å². The zero-order valence-corrected chi connectivity index (χ0v) is 75.9. The lowest BCUT2D eigenvalue weighted by Gasteiger charge is -2.28. The second-order valence-electron chi connectivity index (χ2n) is 33.0. The topological polar surface area (TPSA) is 752 Å². The van der Waals surface area contributed by atoms with E-state index in [1.165, 1.54) is 97.1 Å². The third-order valence-electron chi connectivity index (χ3n) is 20.7. The minimum absolute atomic E-state index is 0.00287. The van der Waals surface area contributed by atoms with Gasteiger partial charge in [-0.2, -0.15) is 4.99 Å². The SMILES string of the molecule is [3H]CC([3H])C(=O)NCCCCNC(=O)/N=C(\N)NCCCC[C@H](NC(=O)[C@H](Cc1ccc(O)cc1)NC(=O)CCCCCCC(=O)N[C@@H](Cc1ccc(O)cc1)C(=O)N[C@@H](CCCNC(=N)N)C(=O)N[C@@H](CC(C)C)C(=O)N[C@@H](CCCNC(=N)N)C(=O)N[C@@H](Cc1ccc(O)cc1)C(N)=O)C(=O)N[C@@H](CC(C)C)C(=O)N[C@@H](CCCNC(=N)N)C(=O)N[C@@H](Cc1ccc(O)cc1)C(N)=O. The lowest BCUT2D eigenvalue weighted by molar-refractivity contribution is -0.135. The highest BCUT2D eigenvalue weighted by molar-refractivity contribution is 5.99. The Hall–Kier alpha value is -14.3. The maximum Gasteiger partial charge on any atom is 0.344 e. The van der Waals surface area contributed by atoms with E-state index >= 15 is 0 Å². The number of hydrogen-bond donors (Lipinski definition) is 29. The summed E-state index contributed by atoms with van der Waals surface area (Å²) < 4.78 is 14.8. The molecule has 0 aliphatic rings. The summed E-state index contributed by atoms with van der Waals surface area (Å²) in [5.41, 5.74) is 36.1. The molecule has 0 heterocycles. The number of hydrogen-bond acceptors (Lipinski definition) is 21. The molecule has 4 aromatic carbocycles. The van der Waals surface area contributed by atoms with Crippen LogP contribution in [0, 0.1) is 28.1 Å². The van der Waals surface area contributed by atoms with Gasteiger partial charge < -0.3 is 140 Å². The Labute approximate surface area is 776 Å². The Balaban J connectivity index is 1.56. The van der Waals surface area contributed by atoms with Gasteiger partial charge in [0.15, 0.2) is 23.8 Å². The Morgan fingerprint density at radius 1 is 0.316 bits per heavy atom. The Morgan fingerprint density at radius 2 is 0.579 bits per heavy atom. The van der Waals surface area contributed by atoms with Crippen LogP contribution in [-0.4, -0.2) is 227 Å². The standard InChI is InChI=1S/C89H138N26O18/c1-6-72(120)99-40-13-14-42-104-89(133)115-88(98)103-41-12-11-18-62(79(127)113-68(46-52(2)3)81(129)108-63(19-15-43-100-85(92)93)77(125)111-66(75(90)123)48-54-24-32-58(116)33-25-54)107-83(131)70(50-56-28-36-60(118)37-29-56)105-73(121)22-9-7-8-10-23-74(122)106-71(51-57-30-38-61(119)39-31-57)84(132)110-65(21-17-45-102-87(96)97)80(128)114-69(47-53(4)5)82(130)109-64(20-16-44-101-86(94)95)78(126)112-67(76(91)124)49-55-26-34-59(117)35-27-55/h24-39,52-53,62-71,116-119H,6-23,40-51H2,1-5H3,(H2,90,123)(H2,91,124)(H,99,120)(H,105,121)(H,106,122)(H,107,131)(H,108,129)(H,109,130)(H,110,132)(H,111,125)(H,112,126)(H,113,127)(H,114,128)(H4,92,93,100)(H4,94,95,101)(H4,96,97,102)(H4,98,103,104,115,133)/t62-,63-,64-,65-,66-,67-,68-,69-,70-,71-/m0/s1/i1T,6T/t6?,62-,63-,64-,65-,66-,67-,68-,69-,70-,71-. The highest BCUT2D eigenvalue weighted by Gasteiger charge is 2.36. The number of phenols is 4. The van der Waals surface area contributed by atoms with E-state index < -0.39 is 150 Å². The van der Waals surface area contributed by atoms with Crippen molar-refractivity contribution in [3.63, 3.8) is 0 Å². The monoisotopic (exact) mass is 1860 g/mol. The van der Waals surface area contributed by atoms with Crippen molar-refractivity contribution in [2.24, 2.45) is 51.2 Å². The predicted molar refractivity (Wildman–Crippen MR) is 498 cm³/mol. The van der Waals surface area contributed by atoms with Gasteiger partial charge in [0.05, 0.1) is 0 Å². The molecular weight excluding hydrogens is 1720 g/mol. The van der Waals surface area contributed by atoms with E-state index in [4.69, 9.17) is 53.4 Å². The third-order valence-corrected chi connectivity index (χ3v) is 20.7. The number of urea groups is 1. The van der Waals surface area contributed by atoms with Gasteiger partial charge in [-0.3, -0.25) is 78.6 Å². The summed E-state index contributed by atoms with van der Waals surface area (Å²) in [6.45, 7) is 7.42. The average Bonchev–Trinajstić information content (AvgIpc) is 0.854. The summed E-state index contributed by atoms with van der Waals surface area (Å²) in [6.07, 6.45) is 0.468. The number of aromatic hydroxyl groups is 4. The fraction of sp³-hybridized carbons (Fsp3) is 0.528. The van der Waals surface area contributed by atoms with Crippen molar-refractivity contribution in [2.75, 3.05) is 39.3 Å². The molecule has 0 saturated heterocycles. The number of amides is 15. The van der Waals surface area contributed by atoms with E-state index in [2.05, 4.69) is 90.1 Å². The van der Waals surface area contributed by atoms with Crippen LogP contribution in [0.4, 0.5) is 4.79 Å². The minimum Gasteiger partial charge on any atom is -0.508 e. The normalized spacial score (nSPS) is 13.8. The molecule has 4 aromatic rings. The number of nitrogens with one attached hydrogen (secondary N) is 19. The number of nitrogens with zero attached hydrogens (tertiary/aromatic N) is 1. The number of carbonyl (C=O) groups excluding carboxylic acids is 14. The van der Waals surface area contributed by atoms with Crippen LogP contribution < -0.4 is 119 Å². The van der Waals surface area contributed by atoms with Crippen LogP contribution >= 0.6 is 0 Å². The molecule has 133 heavy (non-hydrogen) atoms. The summed E-state index contributed by atoms with van der Waals surface area (Å²) >= 11 is 0. The van der Waals surface area contributed by atoms with Crippen molar-refractivity contribution in [1.29, 1.82) is 16.2 Å². The number of guanidine groups is 4. The predicted octanol–water partition coefficient (Wildman–Crippen LogP) is -1.09. The number of phenolic OH excluding ortho intramolecular Hbond substituents is 4. The number of benzene rings is 4. The summed E-state index contributed by atoms with van der Waals surface area (Å²) in [5.74, 6) is -12.5. The van der Waals surface area contributed by atoms with Gasteiger partial charge in [0.1, 0.15) is 83.4 Å². The van der Waals surface area contributed by atoms with Gasteiger partial charge in [-0.25, -0.2) is 4.79 Å². The van der Waals surface area contributed by atoms with E-state index in [1.54, 1.807) is 27.7 Å². The number of aliphatic imine (C=N–C) groups is 1. The lowest BCUT2D eigenvalue weighted by atomic mass is 10.00. The molecule has 0 fully saturated rings. The van der Waals surface area contributed by atoms with Crippen LogP contribution in [0.15, 0.2) is 102 Å². The molecule has 0 aromatic heterocycles. The molecule has 15 amide bonds. The van der Waals surface area contributed by atoms with Crippen LogP contribution in [0.2, 0.25) is 0 Å². The molecule has 35 N–H and O–H groups in total. The molecule has 0 saturated carbocycles. The first-order chi connectivity index (χ1) is 64.1. The van der Waals surface area contributed by atoms with Gasteiger partial charge in [-0.1, -0.05) is 96.0 Å². The van der Waals surface area contributed by atoms with Crippen LogP contribution in [0.3, 0.4) is 0 Å². The summed E-state index contributed by atoms with van der Waals surface area (Å²) in [4.78, 5) is 199. The van der Waals surface area contributed by atoms with Gasteiger partial charge in [-0.05, 0) is 179 Å². The second-order valence-corrected chi connectivity index (χ2v) is 33.0. The maximum atomic E-state index is 14.9. The average molecular weight is 1860 g/mol. The van der Waals surface area contributed by atoms with E-state index in [0.717, 1.165) is 0 Å². The molecule has 0 spiro atoms. The number of primary amides is 2. The van der Waals surface area contributed by atoms with Crippen molar-refractivity contribution < 1.29 is 90.3 Å². The maximum absolute atomic E-state index is 14.9. The smallest absolute Gasteiger partial charge is 0.344 e. The first-order valence-electron chi connectivity index (χ1n) is 45.7. The highest BCUT2D eigenvalue weighted by Crippen LogP contribution is 2.20. The molecule has 732 valence electrons. The summed E-state index contributed by atoms with van der Waals surface area (Å²) in [5, 5.41) is 106. The summed E-state index contributed by atoms with van der Waals surface area (Å²) in [7, 11) is 0. The summed E-state index contributed by atoms with van der Waals surface area (Å²) in [6, 6.07) is 8.78. The molecule has 0 radical (unpaired) electrons. The van der Waals surface area contributed by atoms with Crippen molar-refractivity contribution in [1.82, 2.24) is 85.1 Å². The number of unbranched alkanes of at least 4 members (excludes halogenated alkanes) is 5. The molecule has 1 unspecified atom stereocenters. The van der Waals surface area contributed by atoms with E-state index in [1.807, 2.05) is 0 Å². The number of nitrogens with two attached hydrogens (primary N) is 6. The Morgan fingerprint density at radius 3 is 0.887 bits per heavy atom. The molecule has 0 bridgehead atoms. The number of carbonyl (C=O) groups is 14. The molecule has 44 heteroatoms. The van der Waals surface area contributed by atoms with E-state index in [-0.39, 0.29) is 227 Å². The third kappa shape index (κ3) is 47.2. The Kier molecular flexibility index (Phi) is 49.0. The molecule has 0 aliphatic heterocycles. The number of rotatable bonds is 62. The largest absolute Gasteiger partial charge is 0.508 e. The zero-order chi connectivity index (χ0) is 100. The van der Waals surface area contributed by atoms with Crippen molar-refractivity contribution >= 4 is 107 Å². The fourth-order valence-corrected chi connectivity index (χ4v) is 13.6. The van der Waals surface area contributed by atoms with E-state index in [9.17, 15) is 87.5 Å².